The summed E-state index contributed by atoms with van der Waals surface area (Å²) in [6, 6.07) is 5.03. The zero-order valence-corrected chi connectivity index (χ0v) is 15.1. The van der Waals surface area contributed by atoms with Gasteiger partial charge in [-0.25, -0.2) is 9.78 Å². The van der Waals surface area contributed by atoms with Gasteiger partial charge in [0.25, 0.3) is 0 Å². The fourth-order valence-electron chi connectivity index (χ4n) is 4.39. The lowest BCUT2D eigenvalue weighted by molar-refractivity contribution is 0.173. The van der Waals surface area contributed by atoms with Crippen molar-refractivity contribution in [3.05, 3.63) is 12.1 Å². The fraction of sp³-hybridized carbons (Fsp3) is 0.556. The molecule has 3 fully saturated rings. The number of amides is 2. The predicted octanol–water partition coefficient (Wildman–Crippen LogP) is 2.20. The van der Waals surface area contributed by atoms with Crippen molar-refractivity contribution in [2.45, 2.75) is 37.4 Å². The second kappa shape index (κ2) is 5.47. The molecule has 7 nitrogen and oxygen atoms in total. The molecular formula is C18H20N4O3S. The van der Waals surface area contributed by atoms with E-state index in [2.05, 4.69) is 10.2 Å². The lowest BCUT2D eigenvalue weighted by Crippen LogP contribution is -2.51. The van der Waals surface area contributed by atoms with E-state index in [1.807, 2.05) is 17.0 Å². The SMILES string of the molecule is O=C1N[C@H]2CN(C3CC3)CC[C@H]2N1c1nc2c3c(ccc2s1)OCCO3. The fourth-order valence-corrected chi connectivity index (χ4v) is 5.41. The van der Waals surface area contributed by atoms with E-state index in [0.717, 1.165) is 46.6 Å². The molecule has 1 saturated carbocycles. The number of hydrogen-bond donors (Lipinski definition) is 1. The van der Waals surface area contributed by atoms with Crippen LogP contribution >= 0.6 is 11.3 Å². The summed E-state index contributed by atoms with van der Waals surface area (Å²) in [6.45, 7) is 3.11. The van der Waals surface area contributed by atoms with E-state index in [0.29, 0.717) is 19.0 Å². The van der Waals surface area contributed by atoms with Crippen LogP contribution in [0.5, 0.6) is 11.5 Å². The summed E-state index contributed by atoms with van der Waals surface area (Å²) in [7, 11) is 0. The number of carbonyl (C=O) groups is 1. The van der Waals surface area contributed by atoms with Crippen LogP contribution in [0.15, 0.2) is 12.1 Å². The van der Waals surface area contributed by atoms with Crippen LogP contribution in [0.3, 0.4) is 0 Å². The van der Waals surface area contributed by atoms with Crippen molar-refractivity contribution in [1.29, 1.82) is 0 Å². The summed E-state index contributed by atoms with van der Waals surface area (Å²) in [4.78, 5) is 21.9. The number of benzene rings is 1. The van der Waals surface area contributed by atoms with E-state index in [-0.39, 0.29) is 18.1 Å². The third-order valence-electron chi connectivity index (χ3n) is 5.79. The van der Waals surface area contributed by atoms with Gasteiger partial charge in [-0.05, 0) is 31.4 Å². The molecule has 1 N–H and O–H groups in total. The Hall–Kier alpha value is -2.06. The molecule has 2 aromatic rings. The Morgan fingerprint density at radius 2 is 2.08 bits per heavy atom. The van der Waals surface area contributed by atoms with Gasteiger partial charge in [-0.3, -0.25) is 9.80 Å². The summed E-state index contributed by atoms with van der Waals surface area (Å²) >= 11 is 1.55. The molecule has 1 aromatic carbocycles. The Labute approximate surface area is 154 Å². The van der Waals surface area contributed by atoms with Crippen molar-refractivity contribution >= 4 is 32.7 Å². The normalized spacial score (nSPS) is 28.3. The number of urea groups is 1. The van der Waals surface area contributed by atoms with Gasteiger partial charge in [-0.2, -0.15) is 0 Å². The Morgan fingerprint density at radius 3 is 2.96 bits per heavy atom. The summed E-state index contributed by atoms with van der Waals surface area (Å²) in [5, 5.41) is 3.94. The average molecular weight is 372 g/mol. The Kier molecular flexibility index (Phi) is 3.16. The first kappa shape index (κ1) is 15.0. The predicted molar refractivity (Wildman–Crippen MR) is 98.4 cm³/mol. The first-order valence-electron chi connectivity index (χ1n) is 9.31. The molecule has 0 radical (unpaired) electrons. The van der Waals surface area contributed by atoms with Crippen molar-refractivity contribution in [3.63, 3.8) is 0 Å². The monoisotopic (exact) mass is 372 g/mol. The van der Waals surface area contributed by atoms with E-state index in [9.17, 15) is 4.79 Å². The van der Waals surface area contributed by atoms with E-state index in [1.165, 1.54) is 12.8 Å². The van der Waals surface area contributed by atoms with Crippen LogP contribution in [0.4, 0.5) is 9.93 Å². The van der Waals surface area contributed by atoms with Gasteiger partial charge in [0, 0.05) is 19.1 Å². The van der Waals surface area contributed by atoms with Gasteiger partial charge in [0.1, 0.15) is 18.7 Å². The highest BCUT2D eigenvalue weighted by Crippen LogP contribution is 2.43. The molecule has 0 unspecified atom stereocenters. The van der Waals surface area contributed by atoms with Gasteiger partial charge in [-0.15, -0.1) is 0 Å². The van der Waals surface area contributed by atoms with E-state index in [4.69, 9.17) is 14.5 Å². The number of piperidine rings is 1. The number of nitrogens with zero attached hydrogens (tertiary/aromatic N) is 3. The summed E-state index contributed by atoms with van der Waals surface area (Å²) in [5.74, 6) is 1.44. The van der Waals surface area contributed by atoms with Gasteiger partial charge in [0.15, 0.2) is 16.6 Å². The third-order valence-corrected chi connectivity index (χ3v) is 6.81. The number of nitrogens with one attached hydrogen (secondary N) is 1. The highest BCUT2D eigenvalue weighted by molar-refractivity contribution is 7.22. The largest absolute Gasteiger partial charge is 0.486 e. The number of rotatable bonds is 2. The van der Waals surface area contributed by atoms with Crippen molar-refractivity contribution in [3.8, 4) is 11.5 Å². The number of anilines is 1. The second-order valence-corrected chi connectivity index (χ2v) is 8.45. The van der Waals surface area contributed by atoms with Gasteiger partial charge in [0.05, 0.1) is 16.8 Å². The molecule has 2 atom stereocenters. The van der Waals surface area contributed by atoms with Crippen LogP contribution in [0.25, 0.3) is 10.2 Å². The topological polar surface area (TPSA) is 66.9 Å². The van der Waals surface area contributed by atoms with Gasteiger partial charge in [0.2, 0.25) is 0 Å². The zero-order chi connectivity index (χ0) is 17.3. The molecule has 26 heavy (non-hydrogen) atoms. The molecule has 8 heteroatoms. The molecule has 136 valence electrons. The molecule has 4 aliphatic rings. The first-order chi connectivity index (χ1) is 12.8. The van der Waals surface area contributed by atoms with Crippen LogP contribution in [0.2, 0.25) is 0 Å². The Balaban J connectivity index is 1.34. The quantitative estimate of drug-likeness (QED) is 0.875. The van der Waals surface area contributed by atoms with Crippen molar-refractivity contribution in [2.24, 2.45) is 0 Å². The van der Waals surface area contributed by atoms with E-state index in [1.54, 1.807) is 11.3 Å². The molecule has 0 bridgehead atoms. The molecule has 2 amide bonds. The molecule has 4 heterocycles. The Bertz CT molecular complexity index is 896. The maximum Gasteiger partial charge on any atom is 0.324 e. The van der Waals surface area contributed by atoms with Crippen LogP contribution in [-0.4, -0.2) is 60.3 Å². The third kappa shape index (κ3) is 2.21. The van der Waals surface area contributed by atoms with Crippen LogP contribution in [0, 0.1) is 0 Å². The smallest absolute Gasteiger partial charge is 0.324 e. The van der Waals surface area contributed by atoms with Crippen LogP contribution in [0.1, 0.15) is 19.3 Å². The minimum Gasteiger partial charge on any atom is -0.486 e. The zero-order valence-electron chi connectivity index (χ0n) is 14.3. The standard InChI is InChI=1S/C18H20N4O3S/c23-17-19-11-9-21(10-1-2-10)6-5-12(11)22(17)18-20-15-14(26-18)4-3-13-16(15)25-8-7-24-13/h3-4,10-12H,1-2,5-9H2,(H,19,23)/t11-,12+/m0/s1. The second-order valence-electron chi connectivity index (χ2n) is 7.44. The molecular weight excluding hydrogens is 352 g/mol. The molecule has 1 aromatic heterocycles. The lowest BCUT2D eigenvalue weighted by atomic mass is 10.00. The summed E-state index contributed by atoms with van der Waals surface area (Å²) < 4.78 is 12.5. The molecule has 1 aliphatic carbocycles. The summed E-state index contributed by atoms with van der Waals surface area (Å²) in [5.41, 5.74) is 0.800. The van der Waals surface area contributed by atoms with Gasteiger partial charge < -0.3 is 14.8 Å². The van der Waals surface area contributed by atoms with Crippen LogP contribution < -0.4 is 19.7 Å². The maximum atomic E-state index is 12.7. The van der Waals surface area contributed by atoms with E-state index < -0.39 is 0 Å². The number of hydrogen-bond acceptors (Lipinski definition) is 6. The minimum atomic E-state index is -0.0252. The van der Waals surface area contributed by atoms with E-state index >= 15 is 0 Å². The van der Waals surface area contributed by atoms with Crippen LogP contribution in [-0.2, 0) is 0 Å². The number of fused-ring (bicyclic) bond motifs is 4. The number of likely N-dealkylation sites (tertiary alicyclic amines) is 1. The van der Waals surface area contributed by atoms with Gasteiger partial charge in [-0.1, -0.05) is 11.3 Å². The van der Waals surface area contributed by atoms with Crippen molar-refractivity contribution in [1.82, 2.24) is 15.2 Å². The van der Waals surface area contributed by atoms with Crippen molar-refractivity contribution in [2.75, 3.05) is 31.2 Å². The molecule has 6 rings (SSSR count). The first-order valence-corrected chi connectivity index (χ1v) is 10.1. The number of aromatic nitrogens is 1. The van der Waals surface area contributed by atoms with Gasteiger partial charge >= 0.3 is 6.03 Å². The lowest BCUT2D eigenvalue weighted by Gasteiger charge is -2.36. The average Bonchev–Trinajstić information content (AvgIpc) is 3.33. The molecule has 2 saturated heterocycles. The minimum absolute atomic E-state index is 0.0252. The molecule has 3 aliphatic heterocycles. The Morgan fingerprint density at radius 1 is 1.19 bits per heavy atom. The summed E-state index contributed by atoms with van der Waals surface area (Å²) in [6.07, 6.45) is 3.60. The number of thiazole rings is 1. The molecule has 0 spiro atoms. The highest BCUT2D eigenvalue weighted by atomic mass is 32.1. The number of carbonyl (C=O) groups excluding carboxylic acids is 1. The maximum absolute atomic E-state index is 12.7. The number of ether oxygens (including phenoxy) is 2. The van der Waals surface area contributed by atoms with Crippen molar-refractivity contribution < 1.29 is 14.3 Å². The highest BCUT2D eigenvalue weighted by Gasteiger charge is 2.46.